The van der Waals surface area contributed by atoms with Crippen LogP contribution in [-0.4, -0.2) is 47.7 Å². The van der Waals surface area contributed by atoms with Crippen molar-refractivity contribution in [3.8, 4) is 0 Å². The number of carbonyl (C=O) groups is 2. The molecule has 0 aromatic heterocycles. The fourth-order valence-electron chi connectivity index (χ4n) is 1.14. The van der Waals surface area contributed by atoms with Gasteiger partial charge in [-0.2, -0.15) is 0 Å². The average Bonchev–Trinajstić information content (AvgIpc) is 2.41. The molecule has 4 N–H and O–H groups in total. The second-order valence-corrected chi connectivity index (χ2v) is 8.81. The molecule has 0 aliphatic rings. The molecule has 2 atom stereocenters. The van der Waals surface area contributed by atoms with Gasteiger partial charge in [0.05, 0.1) is 14.2 Å². The Morgan fingerprint density at radius 1 is 0.850 bits per heavy atom. The lowest BCUT2D eigenvalue weighted by molar-refractivity contribution is -0.143. The fourth-order valence-corrected chi connectivity index (χ4v) is 3.88. The first-order valence-electron chi connectivity index (χ1n) is 6.03. The van der Waals surface area contributed by atoms with E-state index in [2.05, 4.69) is 9.47 Å². The van der Waals surface area contributed by atoms with Crippen LogP contribution >= 0.6 is 21.6 Å². The van der Waals surface area contributed by atoms with Crippen LogP contribution in [0.3, 0.4) is 0 Å². The first-order chi connectivity index (χ1) is 8.99. The molecule has 0 saturated carbocycles. The van der Waals surface area contributed by atoms with Gasteiger partial charge in [0.2, 0.25) is 0 Å². The summed E-state index contributed by atoms with van der Waals surface area (Å²) in [6, 6.07) is -1.54. The van der Waals surface area contributed by atoms with Crippen LogP contribution < -0.4 is 11.5 Å². The molecule has 0 radical (unpaired) electrons. The Morgan fingerprint density at radius 3 is 1.30 bits per heavy atom. The molecule has 0 fully saturated rings. The molecule has 20 heavy (non-hydrogen) atoms. The highest BCUT2D eigenvalue weighted by Crippen LogP contribution is 2.46. The Bertz CT molecular complexity index is 327. The molecule has 0 amide bonds. The first kappa shape index (κ1) is 19.6. The molecule has 0 aromatic rings. The monoisotopic (exact) mass is 324 g/mol. The lowest BCUT2D eigenvalue weighted by Crippen LogP contribution is -2.49. The van der Waals surface area contributed by atoms with E-state index in [-0.39, 0.29) is 0 Å². The maximum absolute atomic E-state index is 11.5. The Balaban J connectivity index is 4.74. The Morgan fingerprint density at radius 2 is 1.10 bits per heavy atom. The molecule has 118 valence electrons. The molecule has 0 aliphatic heterocycles. The standard InChI is InChI=1S/C12H24N2O4S2/c1-11(2,7(13)9(15)17-5)19-20-12(3,4)8(14)10(16)18-6/h7-8H,13-14H2,1-6H3/t7-,8-/m0/s1. The third-order valence-electron chi connectivity index (χ3n) is 2.88. The quantitative estimate of drug-likeness (QED) is 0.526. The van der Waals surface area contributed by atoms with Crippen molar-refractivity contribution in [2.75, 3.05) is 14.2 Å². The molecule has 8 heteroatoms. The zero-order chi connectivity index (χ0) is 16.1. The van der Waals surface area contributed by atoms with Gasteiger partial charge in [-0.15, -0.1) is 0 Å². The number of nitrogens with two attached hydrogens (primary N) is 2. The Kier molecular flexibility index (Phi) is 7.37. The summed E-state index contributed by atoms with van der Waals surface area (Å²) >= 11 is 0. The number of rotatable bonds is 7. The third-order valence-corrected chi connectivity index (χ3v) is 7.16. The van der Waals surface area contributed by atoms with Gasteiger partial charge in [-0.3, -0.25) is 9.59 Å². The minimum absolute atomic E-state index is 0.474. The van der Waals surface area contributed by atoms with Gasteiger partial charge in [0.15, 0.2) is 0 Å². The van der Waals surface area contributed by atoms with Gasteiger partial charge in [-0.1, -0.05) is 21.6 Å². The predicted octanol–water partition coefficient (Wildman–Crippen LogP) is 0.926. The van der Waals surface area contributed by atoms with Crippen LogP contribution in [0.1, 0.15) is 27.7 Å². The third kappa shape index (κ3) is 5.16. The second-order valence-electron chi connectivity index (χ2n) is 5.38. The zero-order valence-electron chi connectivity index (χ0n) is 12.8. The molecule has 0 unspecified atom stereocenters. The van der Waals surface area contributed by atoms with Crippen molar-refractivity contribution in [2.45, 2.75) is 49.3 Å². The van der Waals surface area contributed by atoms with Crippen molar-refractivity contribution in [1.82, 2.24) is 0 Å². The number of hydrogen-bond donors (Lipinski definition) is 2. The smallest absolute Gasteiger partial charge is 0.324 e. The van der Waals surface area contributed by atoms with E-state index in [0.29, 0.717) is 0 Å². The number of ether oxygens (including phenoxy) is 2. The van der Waals surface area contributed by atoms with Crippen LogP contribution in [0.2, 0.25) is 0 Å². The van der Waals surface area contributed by atoms with E-state index in [9.17, 15) is 9.59 Å². The molecule has 0 saturated heterocycles. The van der Waals surface area contributed by atoms with Gasteiger partial charge in [-0.05, 0) is 27.7 Å². The van der Waals surface area contributed by atoms with E-state index in [4.69, 9.17) is 11.5 Å². The van der Waals surface area contributed by atoms with Crippen molar-refractivity contribution < 1.29 is 19.1 Å². The molecule has 0 aromatic carbocycles. The van der Waals surface area contributed by atoms with E-state index < -0.39 is 33.5 Å². The summed E-state index contributed by atoms with van der Waals surface area (Å²) in [4.78, 5) is 23.0. The summed E-state index contributed by atoms with van der Waals surface area (Å²) in [6.45, 7) is 7.36. The fraction of sp³-hybridized carbons (Fsp3) is 0.833. The summed E-state index contributed by atoms with van der Waals surface area (Å²) in [7, 11) is 5.39. The summed E-state index contributed by atoms with van der Waals surface area (Å²) in [5, 5.41) is 0. The van der Waals surface area contributed by atoms with E-state index >= 15 is 0 Å². The van der Waals surface area contributed by atoms with E-state index in [1.165, 1.54) is 35.8 Å². The van der Waals surface area contributed by atoms with Crippen molar-refractivity contribution >= 4 is 33.5 Å². The number of esters is 2. The molecule has 0 rings (SSSR count). The second kappa shape index (κ2) is 7.53. The van der Waals surface area contributed by atoms with Gasteiger partial charge in [0, 0.05) is 9.49 Å². The lowest BCUT2D eigenvalue weighted by atomic mass is 10.1. The summed E-state index contributed by atoms with van der Waals surface area (Å²) in [5.41, 5.74) is 11.7. The first-order valence-corrected chi connectivity index (χ1v) is 8.18. The van der Waals surface area contributed by atoms with Crippen molar-refractivity contribution in [2.24, 2.45) is 11.5 Å². The van der Waals surface area contributed by atoms with Crippen LogP contribution in [0.5, 0.6) is 0 Å². The SMILES string of the molecule is COC(=O)[C@H](N)C(C)(C)SSC(C)(C)[C@@H](N)C(=O)OC. The van der Waals surface area contributed by atoms with E-state index in [0.717, 1.165) is 0 Å². The Hall–Kier alpha value is -0.440. The van der Waals surface area contributed by atoms with Crippen molar-refractivity contribution in [1.29, 1.82) is 0 Å². The lowest BCUT2D eigenvalue weighted by Gasteiger charge is -2.34. The topological polar surface area (TPSA) is 105 Å². The van der Waals surface area contributed by atoms with Crippen LogP contribution in [0, 0.1) is 0 Å². The number of carbonyl (C=O) groups excluding carboxylic acids is 2. The molecule has 0 bridgehead atoms. The maximum Gasteiger partial charge on any atom is 0.324 e. The highest BCUT2D eigenvalue weighted by molar-refractivity contribution is 8.77. The highest BCUT2D eigenvalue weighted by Gasteiger charge is 2.39. The highest BCUT2D eigenvalue weighted by atomic mass is 33.1. The summed E-state index contributed by atoms with van der Waals surface area (Å²) in [6.07, 6.45) is 0. The zero-order valence-corrected chi connectivity index (χ0v) is 14.4. The number of methoxy groups -OCH3 is 2. The van der Waals surface area contributed by atoms with Crippen LogP contribution in [0.25, 0.3) is 0 Å². The van der Waals surface area contributed by atoms with Gasteiger partial charge in [0.25, 0.3) is 0 Å². The molecular weight excluding hydrogens is 300 g/mol. The minimum atomic E-state index is -0.768. The van der Waals surface area contributed by atoms with Gasteiger partial charge in [-0.25, -0.2) is 0 Å². The molecule has 0 aliphatic carbocycles. The summed E-state index contributed by atoms with van der Waals surface area (Å²) < 4.78 is 8.17. The maximum atomic E-state index is 11.5. The van der Waals surface area contributed by atoms with E-state index in [1.807, 2.05) is 27.7 Å². The predicted molar refractivity (Wildman–Crippen MR) is 83.3 cm³/mol. The largest absolute Gasteiger partial charge is 0.468 e. The molecular formula is C12H24N2O4S2. The van der Waals surface area contributed by atoms with E-state index in [1.54, 1.807) is 0 Å². The molecule has 6 nitrogen and oxygen atoms in total. The van der Waals surface area contributed by atoms with Crippen LogP contribution in [-0.2, 0) is 19.1 Å². The van der Waals surface area contributed by atoms with Crippen molar-refractivity contribution in [3.05, 3.63) is 0 Å². The average molecular weight is 324 g/mol. The van der Waals surface area contributed by atoms with Gasteiger partial charge in [0.1, 0.15) is 12.1 Å². The van der Waals surface area contributed by atoms with Crippen LogP contribution in [0.4, 0.5) is 0 Å². The number of hydrogen-bond acceptors (Lipinski definition) is 8. The Labute approximate surface area is 128 Å². The molecule has 0 heterocycles. The molecule has 0 spiro atoms. The summed E-state index contributed by atoms with van der Waals surface area (Å²) in [5.74, 6) is -0.948. The van der Waals surface area contributed by atoms with Crippen LogP contribution in [0.15, 0.2) is 0 Å². The minimum Gasteiger partial charge on any atom is -0.468 e. The van der Waals surface area contributed by atoms with Gasteiger partial charge < -0.3 is 20.9 Å². The normalized spacial score (nSPS) is 15.4. The van der Waals surface area contributed by atoms with Crippen molar-refractivity contribution in [3.63, 3.8) is 0 Å². The van der Waals surface area contributed by atoms with Gasteiger partial charge >= 0.3 is 11.9 Å².